The molecule has 0 aliphatic rings. The number of aromatic nitrogens is 2. The van der Waals surface area contributed by atoms with Crippen LogP contribution in [0.1, 0.15) is 16.1 Å². The summed E-state index contributed by atoms with van der Waals surface area (Å²) in [6.07, 6.45) is 1.50. The van der Waals surface area contributed by atoms with Crippen molar-refractivity contribution in [2.24, 2.45) is 7.05 Å². The second-order valence-electron chi connectivity index (χ2n) is 6.52. The van der Waals surface area contributed by atoms with Gasteiger partial charge < -0.3 is 9.88 Å². The minimum absolute atomic E-state index is 0.0295. The Kier molecular flexibility index (Phi) is 4.57. The zero-order chi connectivity index (χ0) is 20.0. The fourth-order valence-corrected chi connectivity index (χ4v) is 3.84. The summed E-state index contributed by atoms with van der Waals surface area (Å²) >= 11 is 12.5. The minimum atomic E-state index is -0.505. The number of fused-ring (bicyclic) bond motifs is 2. The first-order chi connectivity index (χ1) is 13.4. The predicted octanol–water partition coefficient (Wildman–Crippen LogP) is 4.95. The smallest absolute Gasteiger partial charge is 0.261 e. The summed E-state index contributed by atoms with van der Waals surface area (Å²) in [7, 11) is 1.75. The van der Waals surface area contributed by atoms with Crippen LogP contribution < -0.4 is 10.7 Å². The van der Waals surface area contributed by atoms with Crippen molar-refractivity contribution in [1.29, 1.82) is 0 Å². The molecule has 0 aliphatic heterocycles. The summed E-state index contributed by atoms with van der Waals surface area (Å²) in [6.45, 7) is 1.81. The summed E-state index contributed by atoms with van der Waals surface area (Å²) in [5, 5.41) is 4.87. The van der Waals surface area contributed by atoms with Crippen molar-refractivity contribution in [1.82, 2.24) is 9.55 Å². The highest BCUT2D eigenvalue weighted by Gasteiger charge is 2.17. The lowest BCUT2D eigenvalue weighted by molar-refractivity contribution is 0.102. The van der Waals surface area contributed by atoms with E-state index in [0.29, 0.717) is 43.2 Å². The largest absolute Gasteiger partial charge is 0.348 e. The number of hydrogen-bond acceptors (Lipinski definition) is 3. The van der Waals surface area contributed by atoms with Gasteiger partial charge in [0.15, 0.2) is 0 Å². The van der Waals surface area contributed by atoms with Crippen molar-refractivity contribution in [2.75, 3.05) is 5.32 Å². The van der Waals surface area contributed by atoms with Crippen LogP contribution in [0, 0.1) is 6.92 Å². The molecule has 2 aromatic carbocycles. The van der Waals surface area contributed by atoms with E-state index in [0.717, 1.165) is 0 Å². The average molecular weight is 412 g/mol. The number of anilines is 1. The maximum atomic E-state index is 12.9. The van der Waals surface area contributed by atoms with Gasteiger partial charge in [0.05, 0.1) is 26.8 Å². The number of pyridine rings is 2. The molecule has 0 saturated heterocycles. The molecule has 0 saturated carbocycles. The Bertz CT molecular complexity index is 1330. The molecular weight excluding hydrogens is 397 g/mol. The Morgan fingerprint density at radius 2 is 1.75 bits per heavy atom. The van der Waals surface area contributed by atoms with Gasteiger partial charge in [-0.25, -0.2) is 0 Å². The first kappa shape index (κ1) is 18.5. The van der Waals surface area contributed by atoms with E-state index in [1.165, 1.54) is 6.20 Å². The second-order valence-corrected chi connectivity index (χ2v) is 7.33. The molecule has 0 bridgehead atoms. The molecule has 1 N–H and O–H groups in total. The third-order valence-corrected chi connectivity index (χ3v) is 5.17. The van der Waals surface area contributed by atoms with E-state index in [9.17, 15) is 9.59 Å². The van der Waals surface area contributed by atoms with Crippen molar-refractivity contribution in [3.05, 3.63) is 80.2 Å². The van der Waals surface area contributed by atoms with E-state index in [4.69, 9.17) is 23.2 Å². The summed E-state index contributed by atoms with van der Waals surface area (Å²) in [5.74, 6) is -0.505. The number of rotatable bonds is 2. The third-order valence-electron chi connectivity index (χ3n) is 4.56. The zero-order valence-electron chi connectivity index (χ0n) is 15.1. The molecular formula is C21H15Cl2N3O2. The summed E-state index contributed by atoms with van der Waals surface area (Å²) < 4.78 is 1.68. The number of nitrogens with zero attached hydrogens (tertiary/aromatic N) is 2. The predicted molar refractivity (Wildman–Crippen MR) is 114 cm³/mol. The lowest BCUT2D eigenvalue weighted by atomic mass is 10.1. The molecule has 7 heteroatoms. The molecule has 0 fully saturated rings. The molecule has 4 aromatic rings. The molecule has 0 spiro atoms. The first-order valence-electron chi connectivity index (χ1n) is 8.52. The van der Waals surface area contributed by atoms with E-state index in [1.807, 2.05) is 13.0 Å². The van der Waals surface area contributed by atoms with Gasteiger partial charge in [0.1, 0.15) is 5.56 Å². The van der Waals surface area contributed by atoms with Gasteiger partial charge in [0, 0.05) is 29.7 Å². The Labute approximate surface area is 170 Å². The number of carbonyl (C=O) groups excluding carboxylic acids is 1. The first-order valence-corrected chi connectivity index (χ1v) is 9.27. The number of carbonyl (C=O) groups is 1. The third kappa shape index (κ3) is 3.03. The molecule has 0 aliphatic carbocycles. The average Bonchev–Trinajstić information content (AvgIpc) is 2.65. The maximum Gasteiger partial charge on any atom is 0.261 e. The molecule has 1 amide bonds. The van der Waals surface area contributed by atoms with Gasteiger partial charge in [-0.2, -0.15) is 0 Å². The van der Waals surface area contributed by atoms with Crippen LogP contribution in [-0.2, 0) is 7.05 Å². The molecule has 2 aromatic heterocycles. The van der Waals surface area contributed by atoms with Gasteiger partial charge in [-0.3, -0.25) is 14.6 Å². The van der Waals surface area contributed by atoms with Crippen LogP contribution in [0.4, 0.5) is 5.69 Å². The standard InChI is InChI=1S/C21H15Cl2N3O2/c1-11-9-17(12-5-3-7-15(22)18(12)24-11)25-21(28)14-10-26(2)19-13(20(14)27)6-4-8-16(19)23/h3-10H,1-2H3,(H,24,25,28). The lowest BCUT2D eigenvalue weighted by Crippen LogP contribution is -2.23. The number of halogens is 2. The van der Waals surface area contributed by atoms with E-state index < -0.39 is 5.91 Å². The molecule has 140 valence electrons. The quantitative estimate of drug-likeness (QED) is 0.507. The molecule has 5 nitrogen and oxygen atoms in total. The monoisotopic (exact) mass is 411 g/mol. The topological polar surface area (TPSA) is 64.0 Å². The van der Waals surface area contributed by atoms with Crippen LogP contribution >= 0.6 is 23.2 Å². The van der Waals surface area contributed by atoms with E-state index in [1.54, 1.807) is 48.0 Å². The van der Waals surface area contributed by atoms with E-state index in [2.05, 4.69) is 10.3 Å². The van der Waals surface area contributed by atoms with Crippen molar-refractivity contribution in [2.45, 2.75) is 6.92 Å². The fourth-order valence-electron chi connectivity index (χ4n) is 3.32. The van der Waals surface area contributed by atoms with Gasteiger partial charge >= 0.3 is 0 Å². The van der Waals surface area contributed by atoms with E-state index in [-0.39, 0.29) is 11.0 Å². The van der Waals surface area contributed by atoms with Gasteiger partial charge in [-0.05, 0) is 31.2 Å². The minimum Gasteiger partial charge on any atom is -0.348 e. The van der Waals surface area contributed by atoms with Gasteiger partial charge in [-0.1, -0.05) is 41.4 Å². The van der Waals surface area contributed by atoms with Gasteiger partial charge in [0.2, 0.25) is 5.43 Å². The second kappa shape index (κ2) is 6.93. The fraction of sp³-hybridized carbons (Fsp3) is 0.0952. The van der Waals surface area contributed by atoms with Crippen LogP contribution in [0.5, 0.6) is 0 Å². The Morgan fingerprint density at radius 3 is 2.50 bits per heavy atom. The molecule has 2 heterocycles. The molecule has 0 radical (unpaired) electrons. The molecule has 0 unspecified atom stereocenters. The highest BCUT2D eigenvalue weighted by molar-refractivity contribution is 6.36. The van der Waals surface area contributed by atoms with Gasteiger partial charge in [-0.15, -0.1) is 0 Å². The van der Waals surface area contributed by atoms with Crippen LogP contribution in [-0.4, -0.2) is 15.5 Å². The maximum absolute atomic E-state index is 12.9. The van der Waals surface area contributed by atoms with Crippen LogP contribution in [0.15, 0.2) is 53.5 Å². The summed E-state index contributed by atoms with van der Waals surface area (Å²) in [5.41, 5.74) is 2.08. The number of para-hydroxylation sites is 2. The van der Waals surface area contributed by atoms with Gasteiger partial charge in [0.25, 0.3) is 5.91 Å². The SMILES string of the molecule is Cc1cc(NC(=O)c2cn(C)c3c(Cl)cccc3c2=O)c2cccc(Cl)c2n1. The van der Waals surface area contributed by atoms with Crippen LogP contribution in [0.25, 0.3) is 21.8 Å². The van der Waals surface area contributed by atoms with Crippen molar-refractivity contribution in [3.8, 4) is 0 Å². The Morgan fingerprint density at radius 1 is 1.07 bits per heavy atom. The van der Waals surface area contributed by atoms with E-state index >= 15 is 0 Å². The number of nitrogens with one attached hydrogen (secondary N) is 1. The van der Waals surface area contributed by atoms with Crippen molar-refractivity contribution < 1.29 is 4.79 Å². The molecule has 28 heavy (non-hydrogen) atoms. The van der Waals surface area contributed by atoms with Crippen LogP contribution in [0.2, 0.25) is 10.0 Å². The zero-order valence-corrected chi connectivity index (χ0v) is 16.6. The normalized spacial score (nSPS) is 11.1. The number of amides is 1. The number of hydrogen-bond donors (Lipinski definition) is 1. The number of benzene rings is 2. The summed E-state index contributed by atoms with van der Waals surface area (Å²) in [6, 6.07) is 12.2. The van der Waals surface area contributed by atoms with Crippen molar-refractivity contribution >= 4 is 56.6 Å². The highest BCUT2D eigenvalue weighted by atomic mass is 35.5. The molecule has 4 rings (SSSR count). The Hall–Kier alpha value is -2.89. The number of aryl methyl sites for hydroxylation is 2. The van der Waals surface area contributed by atoms with Crippen LogP contribution in [0.3, 0.4) is 0 Å². The highest BCUT2D eigenvalue weighted by Crippen LogP contribution is 2.29. The Balaban J connectivity index is 1.85. The van der Waals surface area contributed by atoms with Crippen molar-refractivity contribution in [3.63, 3.8) is 0 Å². The molecule has 0 atom stereocenters. The lowest BCUT2D eigenvalue weighted by Gasteiger charge is -2.13. The summed E-state index contributed by atoms with van der Waals surface area (Å²) in [4.78, 5) is 30.3.